The second kappa shape index (κ2) is 4.36. The van der Waals surface area contributed by atoms with Crippen LogP contribution in [0.2, 0.25) is 0 Å². The molecule has 3 heteroatoms. The van der Waals surface area contributed by atoms with Crippen molar-refractivity contribution in [2.45, 2.75) is 53.5 Å². The molecule has 3 N–H and O–H groups in total. The molecule has 1 fully saturated rings. The molecule has 0 spiro atoms. The Morgan fingerprint density at radius 2 is 2.00 bits per heavy atom. The molecule has 0 saturated heterocycles. The van der Waals surface area contributed by atoms with E-state index in [0.29, 0.717) is 6.54 Å². The number of carbonyl (C=O) groups excluding carboxylic acids is 1. The van der Waals surface area contributed by atoms with Crippen LogP contribution in [0, 0.1) is 16.7 Å². The van der Waals surface area contributed by atoms with Crippen molar-refractivity contribution in [3.63, 3.8) is 0 Å². The number of rotatable bonds is 4. The van der Waals surface area contributed by atoms with Crippen LogP contribution in [-0.2, 0) is 4.79 Å². The molecule has 2 atom stereocenters. The summed E-state index contributed by atoms with van der Waals surface area (Å²) < 4.78 is 0. The number of nitrogens with two attached hydrogens (primary N) is 1. The van der Waals surface area contributed by atoms with Crippen molar-refractivity contribution < 1.29 is 4.79 Å². The topological polar surface area (TPSA) is 55.1 Å². The smallest absolute Gasteiger partial charge is 0.223 e. The van der Waals surface area contributed by atoms with Crippen molar-refractivity contribution in [3.8, 4) is 0 Å². The minimum Gasteiger partial charge on any atom is -0.354 e. The maximum Gasteiger partial charge on any atom is 0.223 e. The normalized spacial score (nSPS) is 25.0. The minimum atomic E-state index is 0.0609. The van der Waals surface area contributed by atoms with E-state index in [9.17, 15) is 4.79 Å². The van der Waals surface area contributed by atoms with E-state index >= 15 is 0 Å². The molecule has 1 saturated carbocycles. The van der Waals surface area contributed by atoms with E-state index in [1.165, 1.54) is 0 Å². The molecule has 1 amide bonds. The van der Waals surface area contributed by atoms with Crippen LogP contribution in [0.3, 0.4) is 0 Å². The number of amides is 1. The summed E-state index contributed by atoms with van der Waals surface area (Å²) in [6.07, 6.45) is 1.94. The summed E-state index contributed by atoms with van der Waals surface area (Å²) in [5.74, 6) is 0.378. The lowest BCUT2D eigenvalue weighted by molar-refractivity contribution is -0.123. The Morgan fingerprint density at radius 3 is 2.38 bits per heavy atom. The molecular weight excluding hydrogens is 200 g/mol. The van der Waals surface area contributed by atoms with Gasteiger partial charge in [0.1, 0.15) is 0 Å². The van der Waals surface area contributed by atoms with Gasteiger partial charge >= 0.3 is 0 Å². The van der Waals surface area contributed by atoms with Crippen LogP contribution in [0.25, 0.3) is 0 Å². The number of hydrogen-bond acceptors (Lipinski definition) is 2. The van der Waals surface area contributed by atoms with Gasteiger partial charge in [-0.05, 0) is 23.7 Å². The summed E-state index contributed by atoms with van der Waals surface area (Å²) in [6.45, 7) is 11.4. The van der Waals surface area contributed by atoms with Crippen molar-refractivity contribution in [1.29, 1.82) is 0 Å². The molecule has 16 heavy (non-hydrogen) atoms. The molecule has 0 aliphatic heterocycles. The predicted molar refractivity (Wildman–Crippen MR) is 66.9 cm³/mol. The van der Waals surface area contributed by atoms with E-state index in [-0.39, 0.29) is 28.7 Å². The Balaban J connectivity index is 2.23. The van der Waals surface area contributed by atoms with Gasteiger partial charge in [0, 0.05) is 18.5 Å². The fourth-order valence-electron chi connectivity index (χ4n) is 2.13. The number of carbonyl (C=O) groups is 1. The maximum absolute atomic E-state index is 11.7. The van der Waals surface area contributed by atoms with Gasteiger partial charge < -0.3 is 11.1 Å². The third-order valence-corrected chi connectivity index (χ3v) is 3.24. The van der Waals surface area contributed by atoms with Crippen molar-refractivity contribution in [1.82, 2.24) is 5.32 Å². The monoisotopic (exact) mass is 226 g/mol. The predicted octanol–water partition coefficient (Wildman–Crippen LogP) is 1.91. The SMILES string of the molecule is CC(C)(C)CC(N)CNC(=O)C1CC1(C)C. The molecule has 3 nitrogen and oxygen atoms in total. The summed E-state index contributed by atoms with van der Waals surface area (Å²) in [4.78, 5) is 11.7. The Bertz CT molecular complexity index is 266. The first-order valence-electron chi connectivity index (χ1n) is 6.15. The molecule has 0 aromatic heterocycles. The third-order valence-electron chi connectivity index (χ3n) is 3.24. The fraction of sp³-hybridized carbons (Fsp3) is 0.923. The molecular formula is C13H26N2O. The standard InChI is InChI=1S/C13H26N2O/c1-12(2,3)6-9(14)8-15-11(16)10-7-13(10,4)5/h9-10H,6-8,14H2,1-5H3,(H,15,16). The average Bonchev–Trinajstić information content (AvgIpc) is 2.68. The van der Waals surface area contributed by atoms with Crippen LogP contribution in [0.4, 0.5) is 0 Å². The van der Waals surface area contributed by atoms with Crippen LogP contribution in [0.1, 0.15) is 47.5 Å². The lowest BCUT2D eigenvalue weighted by atomic mass is 9.88. The van der Waals surface area contributed by atoms with Crippen LogP contribution < -0.4 is 11.1 Å². The maximum atomic E-state index is 11.7. The average molecular weight is 226 g/mol. The first-order chi connectivity index (χ1) is 7.12. The summed E-state index contributed by atoms with van der Waals surface area (Å²) >= 11 is 0. The Kier molecular flexibility index (Phi) is 3.68. The molecule has 0 aromatic rings. The summed E-state index contributed by atoms with van der Waals surface area (Å²) in [6, 6.07) is 0.0609. The van der Waals surface area contributed by atoms with Crippen LogP contribution >= 0.6 is 0 Å². The third kappa shape index (κ3) is 4.12. The highest BCUT2D eigenvalue weighted by atomic mass is 16.2. The van der Waals surface area contributed by atoms with Gasteiger partial charge in [0.05, 0.1) is 0 Å². The van der Waals surface area contributed by atoms with Crippen molar-refractivity contribution in [2.24, 2.45) is 22.5 Å². The minimum absolute atomic E-state index is 0.0609. The van der Waals surface area contributed by atoms with Gasteiger partial charge in [-0.25, -0.2) is 0 Å². The van der Waals surface area contributed by atoms with Crippen LogP contribution in [0.15, 0.2) is 0 Å². The van der Waals surface area contributed by atoms with Crippen molar-refractivity contribution >= 4 is 5.91 Å². The molecule has 1 aliphatic carbocycles. The highest BCUT2D eigenvalue weighted by molar-refractivity contribution is 5.82. The lowest BCUT2D eigenvalue weighted by Gasteiger charge is -2.23. The quantitative estimate of drug-likeness (QED) is 0.769. The molecule has 94 valence electrons. The van der Waals surface area contributed by atoms with Gasteiger partial charge in [-0.2, -0.15) is 0 Å². The lowest BCUT2D eigenvalue weighted by Crippen LogP contribution is -2.40. The fourth-order valence-corrected chi connectivity index (χ4v) is 2.13. The first kappa shape index (κ1) is 13.5. The van der Waals surface area contributed by atoms with E-state index in [4.69, 9.17) is 5.73 Å². The zero-order valence-electron chi connectivity index (χ0n) is 11.3. The van der Waals surface area contributed by atoms with E-state index in [0.717, 1.165) is 12.8 Å². The molecule has 1 rings (SSSR count). The molecule has 0 radical (unpaired) electrons. The second-order valence-electron chi connectivity index (χ2n) is 7.02. The van der Waals surface area contributed by atoms with E-state index in [1.54, 1.807) is 0 Å². The Hall–Kier alpha value is -0.570. The zero-order valence-corrected chi connectivity index (χ0v) is 11.3. The summed E-state index contributed by atoms with van der Waals surface area (Å²) in [5, 5.41) is 2.96. The van der Waals surface area contributed by atoms with Crippen molar-refractivity contribution in [2.75, 3.05) is 6.54 Å². The van der Waals surface area contributed by atoms with Gasteiger partial charge in [0.2, 0.25) is 5.91 Å². The molecule has 1 aliphatic rings. The number of hydrogen-bond donors (Lipinski definition) is 2. The van der Waals surface area contributed by atoms with Crippen molar-refractivity contribution in [3.05, 3.63) is 0 Å². The summed E-state index contributed by atoms with van der Waals surface area (Å²) in [7, 11) is 0. The van der Waals surface area contributed by atoms with Crippen LogP contribution in [-0.4, -0.2) is 18.5 Å². The highest BCUT2D eigenvalue weighted by Crippen LogP contribution is 2.51. The number of nitrogens with one attached hydrogen (secondary N) is 1. The van der Waals surface area contributed by atoms with Gasteiger partial charge in [-0.1, -0.05) is 34.6 Å². The summed E-state index contributed by atoms with van der Waals surface area (Å²) in [5.41, 5.74) is 6.41. The zero-order chi connectivity index (χ0) is 12.6. The molecule has 0 heterocycles. The highest BCUT2D eigenvalue weighted by Gasteiger charge is 2.50. The largest absolute Gasteiger partial charge is 0.354 e. The van der Waals surface area contributed by atoms with Gasteiger partial charge in [0.15, 0.2) is 0 Å². The first-order valence-corrected chi connectivity index (χ1v) is 6.15. The Morgan fingerprint density at radius 1 is 1.50 bits per heavy atom. The van der Waals surface area contributed by atoms with Crippen LogP contribution in [0.5, 0.6) is 0 Å². The Labute approximate surface area is 99.2 Å². The van der Waals surface area contributed by atoms with E-state index < -0.39 is 0 Å². The van der Waals surface area contributed by atoms with Gasteiger partial charge in [0.25, 0.3) is 0 Å². The molecule has 0 aromatic carbocycles. The second-order valence-corrected chi connectivity index (χ2v) is 7.02. The molecule has 2 unspecified atom stereocenters. The molecule has 0 bridgehead atoms. The van der Waals surface area contributed by atoms with E-state index in [2.05, 4.69) is 39.9 Å². The van der Waals surface area contributed by atoms with Gasteiger partial charge in [-0.15, -0.1) is 0 Å². The van der Waals surface area contributed by atoms with E-state index in [1.807, 2.05) is 0 Å². The van der Waals surface area contributed by atoms with Gasteiger partial charge in [-0.3, -0.25) is 4.79 Å².